The molecule has 1 aliphatic rings. The van der Waals surface area contributed by atoms with Gasteiger partial charge in [0.1, 0.15) is 5.75 Å². The van der Waals surface area contributed by atoms with Gasteiger partial charge in [-0.15, -0.1) is 11.3 Å². The molecule has 1 aromatic carbocycles. The maximum absolute atomic E-state index is 12.6. The molecule has 144 valence electrons. The number of aromatic hydroxyl groups is 1. The molecule has 0 saturated carbocycles. The van der Waals surface area contributed by atoms with Crippen molar-refractivity contribution < 1.29 is 9.90 Å². The summed E-state index contributed by atoms with van der Waals surface area (Å²) in [6.45, 7) is 10.5. The second kappa shape index (κ2) is 7.63. The van der Waals surface area contributed by atoms with Crippen LogP contribution in [0.15, 0.2) is 18.2 Å². The number of allylic oxidation sites excluding steroid dienone is 1. The highest BCUT2D eigenvalue weighted by Gasteiger charge is 2.33. The summed E-state index contributed by atoms with van der Waals surface area (Å²) in [6, 6.07) is 3.53. The zero-order valence-electron chi connectivity index (χ0n) is 17.1. The SMILES string of the molecule is CCC1(CC)CCc2c(C=CC(=O)c3cc(C)c(O)c(C)c3)sc(C)c2C1. The molecule has 1 aromatic heterocycles. The second-order valence-corrected chi connectivity index (χ2v) is 9.28. The Balaban J connectivity index is 1.86. The van der Waals surface area contributed by atoms with Crippen LogP contribution in [0, 0.1) is 26.2 Å². The highest BCUT2D eigenvalue weighted by atomic mass is 32.1. The van der Waals surface area contributed by atoms with Crippen molar-refractivity contribution in [3.8, 4) is 5.75 Å². The highest BCUT2D eigenvalue weighted by Crippen LogP contribution is 2.45. The monoisotopic (exact) mass is 382 g/mol. The van der Waals surface area contributed by atoms with E-state index in [-0.39, 0.29) is 11.5 Å². The van der Waals surface area contributed by atoms with Crippen LogP contribution in [0.3, 0.4) is 0 Å². The maximum Gasteiger partial charge on any atom is 0.185 e. The number of hydrogen-bond donors (Lipinski definition) is 1. The first-order valence-electron chi connectivity index (χ1n) is 9.94. The van der Waals surface area contributed by atoms with Gasteiger partial charge in [-0.25, -0.2) is 0 Å². The molecular formula is C24H30O2S. The number of fused-ring (bicyclic) bond motifs is 1. The molecule has 0 radical (unpaired) electrons. The van der Waals surface area contributed by atoms with Crippen LogP contribution >= 0.6 is 11.3 Å². The fourth-order valence-corrected chi connectivity index (χ4v) is 5.48. The second-order valence-electron chi connectivity index (χ2n) is 8.02. The first-order chi connectivity index (χ1) is 12.8. The molecule has 0 unspecified atom stereocenters. The van der Waals surface area contributed by atoms with E-state index in [9.17, 15) is 9.90 Å². The van der Waals surface area contributed by atoms with Crippen molar-refractivity contribution in [1.29, 1.82) is 0 Å². The molecule has 0 aliphatic heterocycles. The van der Waals surface area contributed by atoms with Gasteiger partial charge in [0.15, 0.2) is 5.78 Å². The number of phenols is 1. The number of benzene rings is 1. The summed E-state index contributed by atoms with van der Waals surface area (Å²) in [7, 11) is 0. The Kier molecular flexibility index (Phi) is 5.62. The lowest BCUT2D eigenvalue weighted by Gasteiger charge is -2.36. The van der Waals surface area contributed by atoms with Crippen LogP contribution < -0.4 is 0 Å². The van der Waals surface area contributed by atoms with Gasteiger partial charge in [0.25, 0.3) is 0 Å². The van der Waals surface area contributed by atoms with Crippen molar-refractivity contribution in [3.05, 3.63) is 55.8 Å². The average Bonchev–Trinajstić information content (AvgIpc) is 2.98. The number of hydrogen-bond acceptors (Lipinski definition) is 3. The van der Waals surface area contributed by atoms with Gasteiger partial charge in [-0.1, -0.05) is 26.7 Å². The normalized spacial score (nSPS) is 15.9. The molecule has 0 spiro atoms. The molecule has 2 nitrogen and oxygen atoms in total. The molecule has 3 rings (SSSR count). The summed E-state index contributed by atoms with van der Waals surface area (Å²) in [5, 5.41) is 9.91. The minimum Gasteiger partial charge on any atom is -0.507 e. The summed E-state index contributed by atoms with van der Waals surface area (Å²) < 4.78 is 0. The molecule has 1 N–H and O–H groups in total. The van der Waals surface area contributed by atoms with Crippen LogP contribution in [0.2, 0.25) is 0 Å². The quantitative estimate of drug-likeness (QED) is 0.469. The van der Waals surface area contributed by atoms with Crippen LogP contribution in [-0.4, -0.2) is 10.9 Å². The van der Waals surface area contributed by atoms with Crippen molar-refractivity contribution >= 4 is 23.2 Å². The lowest BCUT2D eigenvalue weighted by molar-refractivity contribution is 0.104. The maximum atomic E-state index is 12.6. The summed E-state index contributed by atoms with van der Waals surface area (Å²) in [6.07, 6.45) is 9.71. The van der Waals surface area contributed by atoms with Gasteiger partial charge < -0.3 is 5.11 Å². The van der Waals surface area contributed by atoms with Gasteiger partial charge in [0, 0.05) is 15.3 Å². The molecule has 3 heteroatoms. The van der Waals surface area contributed by atoms with Crippen molar-refractivity contribution in [2.24, 2.45) is 5.41 Å². The van der Waals surface area contributed by atoms with Crippen molar-refractivity contribution in [3.63, 3.8) is 0 Å². The molecule has 0 fully saturated rings. The first-order valence-corrected chi connectivity index (χ1v) is 10.8. The van der Waals surface area contributed by atoms with Crippen LogP contribution in [0.25, 0.3) is 6.08 Å². The van der Waals surface area contributed by atoms with Crippen LogP contribution in [0.5, 0.6) is 5.75 Å². The zero-order valence-corrected chi connectivity index (χ0v) is 17.9. The Morgan fingerprint density at radius 2 is 1.78 bits per heavy atom. The van der Waals surface area contributed by atoms with E-state index in [1.165, 1.54) is 46.6 Å². The van der Waals surface area contributed by atoms with Crippen LogP contribution in [0.1, 0.15) is 75.5 Å². The molecule has 1 aliphatic carbocycles. The van der Waals surface area contributed by atoms with Crippen molar-refractivity contribution in [2.75, 3.05) is 0 Å². The van der Waals surface area contributed by atoms with Gasteiger partial charge in [0.05, 0.1) is 0 Å². The van der Waals surface area contributed by atoms with Crippen molar-refractivity contribution in [1.82, 2.24) is 0 Å². The standard InChI is InChI=1S/C24H30O2S/c1-6-24(7-2)11-10-19-20(14-24)17(5)27-22(19)9-8-21(25)18-12-15(3)23(26)16(4)13-18/h8-9,12-13,26H,6-7,10-11,14H2,1-5H3. The molecular weight excluding hydrogens is 352 g/mol. The zero-order chi connectivity index (χ0) is 19.8. The van der Waals surface area contributed by atoms with E-state index in [1.807, 2.05) is 31.3 Å². The van der Waals surface area contributed by atoms with E-state index in [0.717, 1.165) is 17.5 Å². The number of carbonyl (C=O) groups excluding carboxylic acids is 1. The van der Waals surface area contributed by atoms with Crippen LogP contribution in [-0.2, 0) is 12.8 Å². The highest BCUT2D eigenvalue weighted by molar-refractivity contribution is 7.13. The van der Waals surface area contributed by atoms with E-state index in [1.54, 1.807) is 18.2 Å². The fraction of sp³-hybridized carbons (Fsp3) is 0.458. The lowest BCUT2D eigenvalue weighted by Crippen LogP contribution is -2.27. The number of carbonyl (C=O) groups is 1. The molecule has 2 aromatic rings. The molecule has 27 heavy (non-hydrogen) atoms. The number of thiophene rings is 1. The largest absolute Gasteiger partial charge is 0.507 e. The third-order valence-electron chi connectivity index (χ3n) is 6.47. The number of phenolic OH excluding ortho intramolecular Hbond substituents is 1. The van der Waals surface area contributed by atoms with Crippen LogP contribution in [0.4, 0.5) is 0 Å². The average molecular weight is 383 g/mol. The fourth-order valence-electron chi connectivity index (χ4n) is 4.34. The molecule has 0 amide bonds. The minimum atomic E-state index is -0.00623. The predicted octanol–water partition coefficient (Wildman–Crippen LogP) is 6.57. The predicted molar refractivity (Wildman–Crippen MR) is 115 cm³/mol. The van der Waals surface area contributed by atoms with E-state index in [2.05, 4.69) is 20.8 Å². The topological polar surface area (TPSA) is 37.3 Å². The minimum absolute atomic E-state index is 0.00623. The van der Waals surface area contributed by atoms with Gasteiger partial charge in [0.2, 0.25) is 0 Å². The summed E-state index contributed by atoms with van der Waals surface area (Å²) >= 11 is 1.82. The lowest BCUT2D eigenvalue weighted by atomic mass is 9.68. The third-order valence-corrected chi connectivity index (χ3v) is 7.62. The Morgan fingerprint density at radius 1 is 1.15 bits per heavy atom. The van der Waals surface area contributed by atoms with Crippen molar-refractivity contribution in [2.45, 2.75) is 66.7 Å². The first kappa shape index (κ1) is 19.9. The summed E-state index contributed by atoms with van der Waals surface area (Å²) in [5.41, 5.74) is 5.56. The Hall–Kier alpha value is -1.87. The van der Waals surface area contributed by atoms with E-state index in [0.29, 0.717) is 11.0 Å². The number of aryl methyl sites for hydroxylation is 3. The Labute approximate surface area is 166 Å². The van der Waals surface area contributed by atoms with E-state index in [4.69, 9.17) is 0 Å². The Morgan fingerprint density at radius 3 is 2.37 bits per heavy atom. The summed E-state index contributed by atoms with van der Waals surface area (Å²) in [5.74, 6) is 0.266. The molecule has 1 heterocycles. The summed E-state index contributed by atoms with van der Waals surface area (Å²) in [4.78, 5) is 15.3. The van der Waals surface area contributed by atoms with Gasteiger partial charge >= 0.3 is 0 Å². The third kappa shape index (κ3) is 3.75. The molecule has 0 atom stereocenters. The van der Waals surface area contributed by atoms with Gasteiger partial charge in [-0.3, -0.25) is 4.79 Å². The molecule has 0 saturated heterocycles. The number of ketones is 1. The van der Waals surface area contributed by atoms with Gasteiger partial charge in [-0.05, 0) is 92.0 Å². The van der Waals surface area contributed by atoms with Gasteiger partial charge in [-0.2, -0.15) is 0 Å². The van der Waals surface area contributed by atoms with E-state index >= 15 is 0 Å². The molecule has 0 bridgehead atoms. The Bertz CT molecular complexity index is 874. The van der Waals surface area contributed by atoms with E-state index < -0.39 is 0 Å². The smallest absolute Gasteiger partial charge is 0.185 e. The number of rotatable bonds is 5.